The summed E-state index contributed by atoms with van der Waals surface area (Å²) >= 11 is 0. The molecule has 0 N–H and O–H groups in total. The highest BCUT2D eigenvalue weighted by Gasteiger charge is 2.99. The second kappa shape index (κ2) is 2.44. The monoisotopic (exact) mass is 224 g/mol. The molecule has 0 bridgehead atoms. The maximum Gasteiger partial charge on any atom is 0.312 e. The molecule has 0 aliphatic heterocycles. The highest BCUT2D eigenvalue weighted by molar-refractivity contribution is 5.94. The van der Waals surface area contributed by atoms with Gasteiger partial charge in [0.2, 0.25) is 0 Å². The summed E-state index contributed by atoms with van der Waals surface area (Å²) in [4.78, 5) is 23.7. The smallest absolute Gasteiger partial charge is 0.312 e. The van der Waals surface area contributed by atoms with E-state index in [1.54, 1.807) is 0 Å². The van der Waals surface area contributed by atoms with Crippen molar-refractivity contribution in [2.45, 2.75) is 26.2 Å². The number of carbonyl (C=O) groups excluding carboxylic acids is 2. The fraction of sp³-hybridized carbons (Fsp3) is 0.833. The molecule has 4 atom stereocenters. The van der Waals surface area contributed by atoms with Crippen LogP contribution in [0.15, 0.2) is 0 Å². The van der Waals surface area contributed by atoms with Crippen molar-refractivity contribution in [2.75, 3.05) is 14.2 Å². The lowest BCUT2D eigenvalue weighted by Crippen LogP contribution is -2.20. The van der Waals surface area contributed by atoms with E-state index < -0.39 is 0 Å². The molecule has 1 spiro atoms. The van der Waals surface area contributed by atoms with E-state index in [1.807, 2.05) is 0 Å². The van der Waals surface area contributed by atoms with E-state index in [0.29, 0.717) is 0 Å². The Morgan fingerprint density at radius 1 is 1.12 bits per heavy atom. The molecule has 0 aromatic rings. The van der Waals surface area contributed by atoms with Crippen molar-refractivity contribution < 1.29 is 19.1 Å². The van der Waals surface area contributed by atoms with Gasteiger partial charge in [0, 0.05) is 5.41 Å². The molecule has 0 saturated heterocycles. The van der Waals surface area contributed by atoms with Gasteiger partial charge in [-0.1, -0.05) is 6.92 Å². The first-order valence-electron chi connectivity index (χ1n) is 5.70. The van der Waals surface area contributed by atoms with Crippen LogP contribution in [0.4, 0.5) is 0 Å². The molecule has 0 aromatic heterocycles. The Morgan fingerprint density at radius 3 is 2.25 bits per heavy atom. The summed E-state index contributed by atoms with van der Waals surface area (Å²) in [5, 5.41) is 0. The first kappa shape index (κ1) is 10.1. The molecule has 3 fully saturated rings. The highest BCUT2D eigenvalue weighted by Crippen LogP contribution is 2.97. The molecule has 3 saturated carbocycles. The third-order valence-corrected chi connectivity index (χ3v) is 5.57. The fourth-order valence-electron chi connectivity index (χ4n) is 4.76. The van der Waals surface area contributed by atoms with Crippen LogP contribution in [0, 0.1) is 22.2 Å². The minimum atomic E-state index is -0.379. The van der Waals surface area contributed by atoms with E-state index in [9.17, 15) is 9.59 Å². The summed E-state index contributed by atoms with van der Waals surface area (Å²) in [7, 11) is 2.85. The number of ether oxygens (including phenoxy) is 2. The molecule has 0 amide bonds. The van der Waals surface area contributed by atoms with Crippen LogP contribution in [0.2, 0.25) is 0 Å². The van der Waals surface area contributed by atoms with Crippen molar-refractivity contribution in [2.24, 2.45) is 22.2 Å². The Balaban J connectivity index is 1.97. The molecule has 0 heterocycles. The zero-order valence-corrected chi connectivity index (χ0v) is 9.83. The van der Waals surface area contributed by atoms with Gasteiger partial charge in [-0.25, -0.2) is 0 Å². The normalized spacial score (nSPS) is 51.3. The highest BCUT2D eigenvalue weighted by atomic mass is 16.5. The second-order valence-corrected chi connectivity index (χ2v) is 5.41. The number of methoxy groups -OCH3 is 2. The van der Waals surface area contributed by atoms with E-state index in [4.69, 9.17) is 9.47 Å². The SMILES string of the molecule is COC(=O)C12CCC3(C(=O)OC)C(C)C13C2. The van der Waals surface area contributed by atoms with E-state index >= 15 is 0 Å². The zero-order valence-electron chi connectivity index (χ0n) is 9.83. The first-order valence-corrected chi connectivity index (χ1v) is 5.70. The van der Waals surface area contributed by atoms with Gasteiger partial charge >= 0.3 is 11.9 Å². The van der Waals surface area contributed by atoms with Gasteiger partial charge in [-0.05, 0) is 25.2 Å². The number of esters is 2. The van der Waals surface area contributed by atoms with Crippen LogP contribution in [0.1, 0.15) is 26.2 Å². The van der Waals surface area contributed by atoms with Gasteiger partial charge in [-0.15, -0.1) is 0 Å². The Bertz CT molecular complexity index is 404. The average Bonchev–Trinajstić information content (AvgIpc) is 3.10. The summed E-state index contributed by atoms with van der Waals surface area (Å²) in [5.74, 6) is -0.00814. The summed E-state index contributed by atoms with van der Waals surface area (Å²) in [6.45, 7) is 2.06. The minimum Gasteiger partial charge on any atom is -0.469 e. The van der Waals surface area contributed by atoms with Crippen molar-refractivity contribution in [3.8, 4) is 0 Å². The predicted octanol–water partition coefficient (Wildman–Crippen LogP) is 1.14. The van der Waals surface area contributed by atoms with Crippen molar-refractivity contribution in [3.05, 3.63) is 0 Å². The van der Waals surface area contributed by atoms with Gasteiger partial charge in [-0.3, -0.25) is 9.59 Å². The van der Waals surface area contributed by atoms with Gasteiger partial charge in [0.1, 0.15) is 0 Å². The minimum absolute atomic E-state index is 0.125. The summed E-state index contributed by atoms with van der Waals surface area (Å²) in [6, 6.07) is 0. The lowest BCUT2D eigenvalue weighted by Gasteiger charge is -2.13. The summed E-state index contributed by atoms with van der Waals surface area (Å²) in [5.41, 5.74) is -0.870. The van der Waals surface area contributed by atoms with Crippen molar-refractivity contribution >= 4 is 11.9 Å². The van der Waals surface area contributed by atoms with Crippen molar-refractivity contribution in [1.29, 1.82) is 0 Å². The Hall–Kier alpha value is -1.06. The second-order valence-electron chi connectivity index (χ2n) is 5.41. The molecule has 16 heavy (non-hydrogen) atoms. The maximum absolute atomic E-state index is 11.9. The molecule has 4 nitrogen and oxygen atoms in total. The largest absolute Gasteiger partial charge is 0.469 e. The Labute approximate surface area is 94.3 Å². The molecule has 4 heteroatoms. The van der Waals surface area contributed by atoms with Crippen LogP contribution in [-0.4, -0.2) is 26.2 Å². The van der Waals surface area contributed by atoms with Gasteiger partial charge in [0.05, 0.1) is 25.0 Å². The number of rotatable bonds is 2. The molecular weight excluding hydrogens is 208 g/mol. The number of carbonyl (C=O) groups is 2. The molecule has 4 unspecified atom stereocenters. The van der Waals surface area contributed by atoms with Crippen LogP contribution >= 0.6 is 0 Å². The van der Waals surface area contributed by atoms with E-state index in [0.717, 1.165) is 19.3 Å². The zero-order chi connectivity index (χ0) is 11.8. The molecule has 0 aromatic carbocycles. The van der Waals surface area contributed by atoms with Crippen LogP contribution in [0.5, 0.6) is 0 Å². The van der Waals surface area contributed by atoms with E-state index in [2.05, 4.69) is 6.92 Å². The number of hydrogen-bond acceptors (Lipinski definition) is 4. The Morgan fingerprint density at radius 2 is 1.75 bits per heavy atom. The maximum atomic E-state index is 11.9. The van der Waals surface area contributed by atoms with Crippen molar-refractivity contribution in [3.63, 3.8) is 0 Å². The lowest BCUT2D eigenvalue weighted by molar-refractivity contribution is -0.148. The lowest BCUT2D eigenvalue weighted by atomic mass is 9.95. The standard InChI is InChI=1S/C12H16O4/c1-7-11(9(14)16-3)5-4-10(8(13)15-2)6-12(7,10)11/h7H,4-6H2,1-3H3. The van der Waals surface area contributed by atoms with Gasteiger partial charge < -0.3 is 9.47 Å². The summed E-state index contributed by atoms with van der Waals surface area (Å²) < 4.78 is 9.79. The van der Waals surface area contributed by atoms with Crippen LogP contribution in [0.25, 0.3) is 0 Å². The molecular formula is C12H16O4. The quantitative estimate of drug-likeness (QED) is 0.660. The Kier molecular flexibility index (Phi) is 1.54. The molecule has 0 radical (unpaired) electrons. The number of hydrogen-bond donors (Lipinski definition) is 0. The van der Waals surface area contributed by atoms with Gasteiger partial charge in [0.15, 0.2) is 0 Å². The third-order valence-electron chi connectivity index (χ3n) is 5.57. The van der Waals surface area contributed by atoms with E-state index in [-0.39, 0.29) is 34.1 Å². The van der Waals surface area contributed by atoms with E-state index in [1.165, 1.54) is 14.2 Å². The first-order chi connectivity index (χ1) is 7.53. The third kappa shape index (κ3) is 0.634. The predicted molar refractivity (Wildman–Crippen MR) is 54.3 cm³/mol. The summed E-state index contributed by atoms with van der Waals surface area (Å²) in [6.07, 6.45) is 2.36. The van der Waals surface area contributed by atoms with Crippen LogP contribution < -0.4 is 0 Å². The fourth-order valence-corrected chi connectivity index (χ4v) is 4.76. The van der Waals surface area contributed by atoms with Crippen LogP contribution in [0.3, 0.4) is 0 Å². The van der Waals surface area contributed by atoms with Crippen LogP contribution in [-0.2, 0) is 19.1 Å². The molecule has 3 rings (SSSR count). The van der Waals surface area contributed by atoms with Gasteiger partial charge in [0.25, 0.3) is 0 Å². The molecule has 88 valence electrons. The molecule has 3 aliphatic carbocycles. The van der Waals surface area contributed by atoms with Gasteiger partial charge in [-0.2, -0.15) is 0 Å². The average molecular weight is 224 g/mol. The topological polar surface area (TPSA) is 52.6 Å². The van der Waals surface area contributed by atoms with Crippen molar-refractivity contribution in [1.82, 2.24) is 0 Å². The molecule has 3 aliphatic rings.